The molecule has 0 aromatic heterocycles. The van der Waals surface area contributed by atoms with Gasteiger partial charge in [-0.25, -0.2) is 0 Å². The maximum absolute atomic E-state index is 13.2. The minimum Gasteiger partial charge on any atom is -0.490 e. The summed E-state index contributed by atoms with van der Waals surface area (Å²) in [6, 6.07) is 15.0. The van der Waals surface area contributed by atoms with E-state index in [1.54, 1.807) is 12.1 Å². The third kappa shape index (κ3) is 4.67. The highest BCUT2D eigenvalue weighted by Gasteiger charge is 2.46. The molecule has 1 heterocycles. The number of benzene rings is 2. The number of nitriles is 1. The third-order valence-electron chi connectivity index (χ3n) is 6.15. The number of ketones is 1. The number of carbonyl (C=O) groups is 1. The molecule has 2 unspecified atom stereocenters. The lowest BCUT2D eigenvalue weighted by atomic mass is 9.68. The SMILES string of the molecule is CCOc1cc(C2C3=C(CC(C)(C)CC3=O)OC(=N)C2C#N)ccc1OCc1ccccc1Cl. The zero-order valence-electron chi connectivity index (χ0n) is 19.5. The molecule has 4 rings (SSSR count). The molecular formula is C27H27ClN2O4. The van der Waals surface area contributed by atoms with Gasteiger partial charge < -0.3 is 14.2 Å². The molecular weight excluding hydrogens is 452 g/mol. The van der Waals surface area contributed by atoms with Crippen LogP contribution in [-0.2, 0) is 16.1 Å². The Balaban J connectivity index is 1.72. The number of hydrogen-bond acceptors (Lipinski definition) is 6. The molecule has 1 aliphatic heterocycles. The van der Waals surface area contributed by atoms with E-state index in [0.717, 1.165) is 5.56 Å². The summed E-state index contributed by atoms with van der Waals surface area (Å²) in [7, 11) is 0. The fourth-order valence-corrected chi connectivity index (χ4v) is 4.79. The summed E-state index contributed by atoms with van der Waals surface area (Å²) in [6.07, 6.45) is 0.914. The van der Waals surface area contributed by atoms with Gasteiger partial charge in [0.25, 0.3) is 0 Å². The average Bonchev–Trinajstić information content (AvgIpc) is 2.77. The molecule has 1 aliphatic carbocycles. The molecule has 1 N–H and O–H groups in total. The topological polar surface area (TPSA) is 92.4 Å². The summed E-state index contributed by atoms with van der Waals surface area (Å²) in [6.45, 7) is 6.57. The fraction of sp³-hybridized carbons (Fsp3) is 0.370. The van der Waals surface area contributed by atoms with Gasteiger partial charge in [0, 0.05) is 34.9 Å². The van der Waals surface area contributed by atoms with Crippen LogP contribution in [0.3, 0.4) is 0 Å². The summed E-state index contributed by atoms with van der Waals surface area (Å²) >= 11 is 6.25. The van der Waals surface area contributed by atoms with E-state index in [9.17, 15) is 10.1 Å². The van der Waals surface area contributed by atoms with Gasteiger partial charge in [0.15, 0.2) is 17.3 Å². The zero-order chi connectivity index (χ0) is 24.5. The van der Waals surface area contributed by atoms with Gasteiger partial charge in [-0.3, -0.25) is 10.2 Å². The van der Waals surface area contributed by atoms with E-state index in [4.69, 9.17) is 31.2 Å². The van der Waals surface area contributed by atoms with Crippen LogP contribution in [0.4, 0.5) is 0 Å². The van der Waals surface area contributed by atoms with Crippen LogP contribution in [0, 0.1) is 28.1 Å². The van der Waals surface area contributed by atoms with E-state index in [1.807, 2.05) is 51.1 Å². The Bertz CT molecular complexity index is 1210. The summed E-state index contributed by atoms with van der Waals surface area (Å²) in [4.78, 5) is 13.2. The second-order valence-electron chi connectivity index (χ2n) is 9.35. The highest BCUT2D eigenvalue weighted by molar-refractivity contribution is 6.31. The van der Waals surface area contributed by atoms with Gasteiger partial charge in [0.2, 0.25) is 5.90 Å². The highest BCUT2D eigenvalue weighted by Crippen LogP contribution is 2.48. The number of Topliss-reactive ketones (excluding diaryl/α,β-unsaturated/α-hetero) is 1. The molecule has 34 heavy (non-hydrogen) atoms. The molecule has 0 fully saturated rings. The first kappa shape index (κ1) is 23.8. The lowest BCUT2D eigenvalue weighted by Gasteiger charge is -2.39. The Morgan fingerprint density at radius 3 is 2.65 bits per heavy atom. The van der Waals surface area contributed by atoms with Crippen LogP contribution < -0.4 is 9.47 Å². The summed E-state index contributed by atoms with van der Waals surface area (Å²) < 4.78 is 17.6. The van der Waals surface area contributed by atoms with Crippen LogP contribution in [0.2, 0.25) is 5.02 Å². The molecule has 2 aromatic rings. The third-order valence-corrected chi connectivity index (χ3v) is 6.51. The van der Waals surface area contributed by atoms with E-state index in [1.165, 1.54) is 0 Å². The summed E-state index contributed by atoms with van der Waals surface area (Å²) in [5, 5.41) is 18.8. The Morgan fingerprint density at radius 2 is 1.94 bits per heavy atom. The van der Waals surface area contributed by atoms with Crippen molar-refractivity contribution in [1.82, 2.24) is 0 Å². The Morgan fingerprint density at radius 1 is 1.18 bits per heavy atom. The number of nitrogens with zero attached hydrogens (tertiary/aromatic N) is 1. The first-order valence-corrected chi connectivity index (χ1v) is 11.7. The number of allylic oxidation sites excluding steroid dienone is 2. The van der Waals surface area contributed by atoms with E-state index >= 15 is 0 Å². The van der Waals surface area contributed by atoms with Crippen molar-refractivity contribution >= 4 is 23.3 Å². The van der Waals surface area contributed by atoms with Crippen LogP contribution in [0.15, 0.2) is 53.8 Å². The van der Waals surface area contributed by atoms with Crippen molar-refractivity contribution in [2.75, 3.05) is 6.61 Å². The number of hydrogen-bond donors (Lipinski definition) is 1. The van der Waals surface area contributed by atoms with Crippen molar-refractivity contribution in [3.63, 3.8) is 0 Å². The molecule has 0 amide bonds. The van der Waals surface area contributed by atoms with Gasteiger partial charge in [-0.15, -0.1) is 0 Å². The number of halogens is 1. The van der Waals surface area contributed by atoms with E-state index in [2.05, 4.69) is 6.07 Å². The van der Waals surface area contributed by atoms with Gasteiger partial charge in [0.1, 0.15) is 18.3 Å². The first-order valence-electron chi connectivity index (χ1n) is 11.3. The molecule has 0 radical (unpaired) electrons. The molecule has 2 aromatic carbocycles. The zero-order valence-corrected chi connectivity index (χ0v) is 20.2. The van der Waals surface area contributed by atoms with Crippen LogP contribution in [-0.4, -0.2) is 18.3 Å². The van der Waals surface area contributed by atoms with E-state index in [-0.39, 0.29) is 23.7 Å². The largest absolute Gasteiger partial charge is 0.490 e. The minimum atomic E-state index is -0.895. The van der Waals surface area contributed by atoms with Gasteiger partial charge in [-0.2, -0.15) is 5.26 Å². The van der Waals surface area contributed by atoms with Crippen molar-refractivity contribution in [1.29, 1.82) is 10.7 Å². The van der Waals surface area contributed by atoms with E-state index < -0.39 is 11.8 Å². The van der Waals surface area contributed by atoms with Gasteiger partial charge in [-0.05, 0) is 36.1 Å². The number of rotatable bonds is 6. The lowest BCUT2D eigenvalue weighted by Crippen LogP contribution is -2.38. The first-order chi connectivity index (χ1) is 16.2. The van der Waals surface area contributed by atoms with Gasteiger partial charge in [0.05, 0.1) is 12.7 Å². The monoisotopic (exact) mass is 478 g/mol. The van der Waals surface area contributed by atoms with Crippen molar-refractivity contribution in [3.8, 4) is 17.6 Å². The van der Waals surface area contributed by atoms with Crippen molar-refractivity contribution in [2.45, 2.75) is 46.1 Å². The van der Waals surface area contributed by atoms with Crippen LogP contribution >= 0.6 is 11.6 Å². The molecule has 0 saturated heterocycles. The molecule has 2 atom stereocenters. The van der Waals surface area contributed by atoms with Crippen molar-refractivity contribution in [3.05, 3.63) is 69.9 Å². The number of carbonyl (C=O) groups excluding carboxylic acids is 1. The molecule has 176 valence electrons. The molecule has 7 heteroatoms. The van der Waals surface area contributed by atoms with Crippen molar-refractivity contribution < 1.29 is 19.0 Å². The standard InChI is InChI=1S/C27H27ClN2O4/c1-4-32-22-11-16(9-10-21(22)33-15-17-7-5-6-8-19(17)28)24-18(14-29)26(30)34-23-13-27(2,3)12-20(31)25(23)24/h5-11,18,24,30H,4,12-13,15H2,1-3H3. The predicted octanol–water partition coefficient (Wildman–Crippen LogP) is 6.19. The maximum atomic E-state index is 13.2. The highest BCUT2D eigenvalue weighted by atomic mass is 35.5. The molecule has 2 aliphatic rings. The smallest absolute Gasteiger partial charge is 0.205 e. The number of nitrogens with one attached hydrogen (secondary N) is 1. The fourth-order valence-electron chi connectivity index (χ4n) is 4.60. The predicted molar refractivity (Wildman–Crippen MR) is 129 cm³/mol. The van der Waals surface area contributed by atoms with Crippen LogP contribution in [0.25, 0.3) is 0 Å². The summed E-state index contributed by atoms with van der Waals surface area (Å²) in [5.74, 6) is -0.122. The van der Waals surface area contributed by atoms with Crippen molar-refractivity contribution in [2.24, 2.45) is 11.3 Å². The Labute approximate surface area is 204 Å². The molecule has 0 saturated carbocycles. The Hall–Kier alpha value is -3.30. The second-order valence-corrected chi connectivity index (χ2v) is 9.76. The quantitative estimate of drug-likeness (QED) is 0.534. The van der Waals surface area contributed by atoms with Gasteiger partial charge in [-0.1, -0.05) is 49.7 Å². The lowest BCUT2D eigenvalue weighted by molar-refractivity contribution is -0.119. The second kappa shape index (κ2) is 9.52. The van der Waals surface area contributed by atoms with Gasteiger partial charge >= 0.3 is 0 Å². The summed E-state index contributed by atoms with van der Waals surface area (Å²) in [5.41, 5.74) is 1.80. The van der Waals surface area contributed by atoms with E-state index in [0.29, 0.717) is 52.9 Å². The average molecular weight is 479 g/mol. The molecule has 0 spiro atoms. The molecule has 0 bridgehead atoms. The minimum absolute atomic E-state index is 0.0407. The van der Waals surface area contributed by atoms with Crippen LogP contribution in [0.1, 0.15) is 50.7 Å². The maximum Gasteiger partial charge on any atom is 0.205 e. The Kier molecular flexibility index (Phi) is 6.67. The molecule has 6 nitrogen and oxygen atoms in total. The normalized spacial score (nSPS) is 21.4. The van der Waals surface area contributed by atoms with Crippen LogP contribution in [0.5, 0.6) is 11.5 Å². The number of ether oxygens (including phenoxy) is 3.